The molecule has 9 nitrogen and oxygen atoms in total. The number of carbonyl (C=O) groups is 2. The Hall–Kier alpha value is -2.61. The van der Waals surface area contributed by atoms with Crippen molar-refractivity contribution < 1.29 is 26.4 Å². The lowest BCUT2D eigenvalue weighted by atomic mass is 10.2. The first-order valence-corrected chi connectivity index (χ1v) is 14.0. The number of nitrogens with zero attached hydrogens (tertiary/aromatic N) is 2. The van der Waals surface area contributed by atoms with E-state index in [1.807, 2.05) is 0 Å². The van der Waals surface area contributed by atoms with Gasteiger partial charge in [-0.1, -0.05) is 35.9 Å². The quantitative estimate of drug-likeness (QED) is 0.458. The minimum atomic E-state index is -4.15. The summed E-state index contributed by atoms with van der Waals surface area (Å²) in [7, 11) is -8.11. The van der Waals surface area contributed by atoms with Gasteiger partial charge < -0.3 is 0 Å². The number of amides is 2. The molecule has 0 bridgehead atoms. The van der Waals surface area contributed by atoms with E-state index in [1.54, 1.807) is 35.7 Å². The zero-order valence-electron chi connectivity index (χ0n) is 17.4. The first-order valence-electron chi connectivity index (χ1n) is 9.78. The van der Waals surface area contributed by atoms with Crippen molar-refractivity contribution in [2.75, 3.05) is 4.90 Å². The zero-order valence-corrected chi connectivity index (χ0v) is 20.6. The highest BCUT2D eigenvalue weighted by Crippen LogP contribution is 2.33. The summed E-state index contributed by atoms with van der Waals surface area (Å²) >= 11 is 7.24. The summed E-state index contributed by atoms with van der Waals surface area (Å²) in [5, 5.41) is 7.02. The predicted octanol–water partition coefficient (Wildman–Crippen LogP) is 2.57. The maximum atomic E-state index is 13.5. The molecule has 2 N–H and O–H groups in total. The fourth-order valence-corrected chi connectivity index (χ4v) is 6.97. The molecule has 3 aromatic rings. The van der Waals surface area contributed by atoms with Crippen LogP contribution in [0.25, 0.3) is 0 Å². The summed E-state index contributed by atoms with van der Waals surface area (Å²) < 4.78 is 51.0. The molecule has 4 rings (SSSR count). The Labute approximate surface area is 205 Å². The Morgan fingerprint density at radius 1 is 1.00 bits per heavy atom. The number of sulfonamides is 2. The van der Waals surface area contributed by atoms with E-state index in [0.29, 0.717) is 10.6 Å². The predicted molar refractivity (Wildman–Crippen MR) is 127 cm³/mol. The number of hydrogen-bond acceptors (Lipinski definition) is 7. The Morgan fingerprint density at radius 2 is 1.68 bits per heavy atom. The van der Waals surface area contributed by atoms with Crippen molar-refractivity contribution in [1.82, 2.24) is 4.31 Å². The highest BCUT2D eigenvalue weighted by Gasteiger charge is 2.47. The number of thiophene rings is 1. The van der Waals surface area contributed by atoms with E-state index in [4.69, 9.17) is 16.7 Å². The van der Waals surface area contributed by atoms with Crippen LogP contribution in [0.3, 0.4) is 0 Å². The number of rotatable bonds is 7. The first kappa shape index (κ1) is 24.5. The molecule has 1 aliphatic rings. The van der Waals surface area contributed by atoms with E-state index in [1.165, 1.54) is 30.3 Å². The minimum absolute atomic E-state index is 0.0238. The number of imide groups is 1. The van der Waals surface area contributed by atoms with Crippen LogP contribution in [0.4, 0.5) is 5.69 Å². The van der Waals surface area contributed by atoms with Gasteiger partial charge in [-0.3, -0.25) is 9.59 Å². The average molecular weight is 540 g/mol. The fourth-order valence-electron chi connectivity index (χ4n) is 3.58. The third kappa shape index (κ3) is 4.65. The van der Waals surface area contributed by atoms with Crippen LogP contribution in [0, 0.1) is 0 Å². The molecule has 178 valence electrons. The molecule has 2 aromatic carbocycles. The molecular weight excluding hydrogens is 522 g/mol. The maximum Gasteiger partial charge on any atom is 0.253 e. The summed E-state index contributed by atoms with van der Waals surface area (Å²) in [5.41, 5.74) is 0.580. The Bertz CT molecular complexity index is 1460. The summed E-state index contributed by atoms with van der Waals surface area (Å²) in [5.74, 6) is -1.37. The molecule has 1 unspecified atom stereocenters. The monoisotopic (exact) mass is 539 g/mol. The lowest BCUT2D eigenvalue weighted by Crippen LogP contribution is -2.44. The van der Waals surface area contributed by atoms with Gasteiger partial charge in [-0.15, -0.1) is 11.3 Å². The summed E-state index contributed by atoms with van der Waals surface area (Å²) in [6, 6.07) is 13.2. The Kier molecular flexibility index (Phi) is 6.64. The van der Waals surface area contributed by atoms with E-state index in [-0.39, 0.29) is 27.8 Å². The van der Waals surface area contributed by atoms with Gasteiger partial charge in [0, 0.05) is 11.6 Å². The van der Waals surface area contributed by atoms with Crippen LogP contribution in [-0.2, 0) is 36.2 Å². The van der Waals surface area contributed by atoms with Crippen molar-refractivity contribution in [3.05, 3.63) is 76.6 Å². The summed E-state index contributed by atoms with van der Waals surface area (Å²) in [6.07, 6.45) is -0.384. The molecule has 2 amide bonds. The van der Waals surface area contributed by atoms with Crippen LogP contribution in [-0.4, -0.2) is 39.0 Å². The second-order valence-corrected chi connectivity index (χ2v) is 12.4. The maximum absolute atomic E-state index is 13.5. The number of hydrogen-bond donors (Lipinski definition) is 1. The zero-order chi connectivity index (χ0) is 24.7. The second kappa shape index (κ2) is 9.21. The smallest absolute Gasteiger partial charge is 0.253 e. The van der Waals surface area contributed by atoms with Gasteiger partial charge in [0.1, 0.15) is 10.3 Å². The SMILES string of the molecule is NS(=O)(=O)c1ccc(N2C(=O)CC(N(Cc3ccccc3Cl)S(=O)(=O)c3cccs3)C2=O)cc1. The topological polar surface area (TPSA) is 135 Å². The molecule has 1 atom stereocenters. The van der Waals surface area contributed by atoms with Gasteiger partial charge in [0.2, 0.25) is 15.9 Å². The third-order valence-electron chi connectivity index (χ3n) is 5.24. The molecule has 1 fully saturated rings. The van der Waals surface area contributed by atoms with Crippen LogP contribution < -0.4 is 10.0 Å². The fraction of sp³-hybridized carbons (Fsp3) is 0.143. The summed E-state index contributed by atoms with van der Waals surface area (Å²) in [6.45, 7) is -0.220. The molecule has 0 radical (unpaired) electrons. The van der Waals surface area contributed by atoms with E-state index in [9.17, 15) is 26.4 Å². The highest BCUT2D eigenvalue weighted by atomic mass is 35.5. The van der Waals surface area contributed by atoms with E-state index < -0.39 is 37.9 Å². The van der Waals surface area contributed by atoms with Crippen LogP contribution >= 0.6 is 22.9 Å². The molecular formula is C21H18ClN3O6S3. The van der Waals surface area contributed by atoms with Gasteiger partial charge >= 0.3 is 0 Å². The van der Waals surface area contributed by atoms with Gasteiger partial charge in [-0.05, 0) is 47.3 Å². The largest absolute Gasteiger partial charge is 0.274 e. The number of carbonyl (C=O) groups excluding carboxylic acids is 2. The number of nitrogens with two attached hydrogens (primary N) is 1. The molecule has 1 aromatic heterocycles. The number of halogens is 1. The van der Waals surface area contributed by atoms with Crippen LogP contribution in [0.5, 0.6) is 0 Å². The standard InChI is InChI=1S/C21H18ClN3O6S3/c22-17-5-2-1-4-14(17)13-24(34(30,31)20-6-3-11-32-20)18-12-19(26)25(21(18)27)15-7-9-16(10-8-15)33(23,28)29/h1-11,18H,12-13H2,(H2,23,28,29). The summed E-state index contributed by atoms with van der Waals surface area (Å²) in [4.78, 5) is 26.9. The van der Waals surface area contributed by atoms with Crippen molar-refractivity contribution in [3.8, 4) is 0 Å². The van der Waals surface area contributed by atoms with Gasteiger partial charge in [0.15, 0.2) is 0 Å². The molecule has 0 spiro atoms. The van der Waals surface area contributed by atoms with Crippen LogP contribution in [0.1, 0.15) is 12.0 Å². The Balaban J connectivity index is 1.73. The van der Waals surface area contributed by atoms with E-state index >= 15 is 0 Å². The number of primary sulfonamides is 1. The van der Waals surface area contributed by atoms with Gasteiger partial charge in [0.25, 0.3) is 15.9 Å². The molecule has 13 heteroatoms. The van der Waals surface area contributed by atoms with Crippen LogP contribution in [0.2, 0.25) is 5.02 Å². The molecule has 34 heavy (non-hydrogen) atoms. The Morgan fingerprint density at radius 3 is 2.26 bits per heavy atom. The van der Waals surface area contributed by atoms with E-state index in [0.717, 1.165) is 20.5 Å². The third-order valence-corrected chi connectivity index (χ3v) is 9.76. The van der Waals surface area contributed by atoms with Gasteiger partial charge in [-0.2, -0.15) is 4.31 Å². The number of benzene rings is 2. The molecule has 2 heterocycles. The van der Waals surface area contributed by atoms with Crippen molar-refractivity contribution in [2.45, 2.75) is 28.1 Å². The van der Waals surface area contributed by atoms with Gasteiger partial charge in [-0.25, -0.2) is 26.9 Å². The molecule has 0 aliphatic carbocycles. The average Bonchev–Trinajstić information content (AvgIpc) is 3.41. The van der Waals surface area contributed by atoms with Crippen molar-refractivity contribution >= 4 is 60.5 Å². The van der Waals surface area contributed by atoms with Crippen molar-refractivity contribution in [3.63, 3.8) is 0 Å². The first-order chi connectivity index (χ1) is 16.0. The van der Waals surface area contributed by atoms with Crippen molar-refractivity contribution in [1.29, 1.82) is 0 Å². The molecule has 1 aliphatic heterocycles. The molecule has 1 saturated heterocycles. The normalized spacial score (nSPS) is 17.0. The molecule has 0 saturated carbocycles. The minimum Gasteiger partial charge on any atom is -0.274 e. The van der Waals surface area contributed by atoms with Crippen molar-refractivity contribution in [2.24, 2.45) is 5.14 Å². The van der Waals surface area contributed by atoms with Gasteiger partial charge in [0.05, 0.1) is 17.0 Å². The van der Waals surface area contributed by atoms with Crippen LogP contribution in [0.15, 0.2) is 75.1 Å². The number of anilines is 1. The highest BCUT2D eigenvalue weighted by molar-refractivity contribution is 7.91. The lowest BCUT2D eigenvalue weighted by Gasteiger charge is -2.26. The second-order valence-electron chi connectivity index (χ2n) is 7.40. The lowest BCUT2D eigenvalue weighted by molar-refractivity contribution is -0.122. The van der Waals surface area contributed by atoms with E-state index in [2.05, 4.69) is 0 Å².